The molecule has 0 aliphatic rings. The molecule has 1 rings (SSSR count). The number of rotatable bonds is 9. The van der Waals surface area contributed by atoms with Crippen LogP contribution >= 0.6 is 0 Å². The maximum atomic E-state index is 10.2. The number of aliphatic hydroxyl groups excluding tert-OH is 1. The summed E-state index contributed by atoms with van der Waals surface area (Å²) < 4.78 is 5.61. The van der Waals surface area contributed by atoms with E-state index < -0.39 is 0 Å². The third kappa shape index (κ3) is 5.17. The number of ether oxygens (including phenoxy) is 1. The summed E-state index contributed by atoms with van der Waals surface area (Å²) in [5.74, 6) is 0. The number of benzene rings is 1. The van der Waals surface area contributed by atoms with Crippen LogP contribution in [0.15, 0.2) is 43.0 Å². The van der Waals surface area contributed by atoms with E-state index in [0.717, 1.165) is 19.3 Å². The minimum absolute atomic E-state index is 0.181. The predicted octanol–water partition coefficient (Wildman–Crippen LogP) is 3.95. The van der Waals surface area contributed by atoms with Gasteiger partial charge in [-0.2, -0.15) is 0 Å². The Balaban J connectivity index is 2.19. The van der Waals surface area contributed by atoms with Crippen LogP contribution in [0.25, 0.3) is 0 Å². The summed E-state index contributed by atoms with van der Waals surface area (Å²) in [6.07, 6.45) is 4.06. The Hall–Kier alpha value is -1.12. The van der Waals surface area contributed by atoms with E-state index in [1.807, 2.05) is 24.3 Å². The topological polar surface area (TPSA) is 29.5 Å². The molecule has 0 radical (unpaired) electrons. The minimum atomic E-state index is -0.338. The average molecular weight is 262 g/mol. The van der Waals surface area contributed by atoms with E-state index >= 15 is 0 Å². The summed E-state index contributed by atoms with van der Waals surface area (Å²) in [7, 11) is 0. The molecule has 0 amide bonds. The second kappa shape index (κ2) is 8.13. The van der Waals surface area contributed by atoms with Gasteiger partial charge in [-0.1, -0.05) is 50.3 Å². The fourth-order valence-corrected chi connectivity index (χ4v) is 1.99. The quantitative estimate of drug-likeness (QED) is 0.539. The van der Waals surface area contributed by atoms with Crippen LogP contribution in [-0.4, -0.2) is 17.8 Å². The van der Waals surface area contributed by atoms with E-state index in [-0.39, 0.29) is 11.5 Å². The molecule has 0 spiro atoms. The predicted molar refractivity (Wildman–Crippen MR) is 79.9 cm³/mol. The van der Waals surface area contributed by atoms with Gasteiger partial charge in [0.25, 0.3) is 0 Å². The van der Waals surface area contributed by atoms with Crippen LogP contribution in [-0.2, 0) is 11.3 Å². The SMILES string of the molecule is C=C[C@](C)(CC)[C@H](O)CCCOCc1ccccc1. The lowest BCUT2D eigenvalue weighted by Crippen LogP contribution is -2.29. The van der Waals surface area contributed by atoms with E-state index in [0.29, 0.717) is 13.2 Å². The van der Waals surface area contributed by atoms with Crippen molar-refractivity contribution in [3.8, 4) is 0 Å². The summed E-state index contributed by atoms with van der Waals surface area (Å²) in [5, 5.41) is 10.2. The lowest BCUT2D eigenvalue weighted by Gasteiger charge is -2.30. The maximum absolute atomic E-state index is 10.2. The fourth-order valence-electron chi connectivity index (χ4n) is 1.99. The highest BCUT2D eigenvalue weighted by atomic mass is 16.5. The normalized spacial score (nSPS) is 15.7. The maximum Gasteiger partial charge on any atom is 0.0716 e. The molecule has 0 aliphatic carbocycles. The third-order valence-electron chi connectivity index (χ3n) is 3.87. The molecule has 0 bridgehead atoms. The molecule has 0 heterocycles. The van der Waals surface area contributed by atoms with Gasteiger partial charge in [0, 0.05) is 12.0 Å². The number of aliphatic hydroxyl groups is 1. The Morgan fingerprint density at radius 3 is 2.63 bits per heavy atom. The van der Waals surface area contributed by atoms with Crippen molar-refractivity contribution >= 4 is 0 Å². The van der Waals surface area contributed by atoms with Gasteiger partial charge in [0.2, 0.25) is 0 Å². The Morgan fingerprint density at radius 1 is 1.37 bits per heavy atom. The molecule has 0 saturated heterocycles. The first kappa shape index (κ1) is 15.9. The Labute approximate surface area is 117 Å². The molecular weight excluding hydrogens is 236 g/mol. The van der Waals surface area contributed by atoms with Crippen molar-refractivity contribution in [1.82, 2.24) is 0 Å². The molecule has 0 aromatic heterocycles. The Bertz CT molecular complexity index is 361. The molecule has 1 aromatic carbocycles. The van der Waals surface area contributed by atoms with Crippen LogP contribution in [0, 0.1) is 5.41 Å². The van der Waals surface area contributed by atoms with Crippen LogP contribution in [0.4, 0.5) is 0 Å². The summed E-state index contributed by atoms with van der Waals surface area (Å²) in [5.41, 5.74) is 1.01. The van der Waals surface area contributed by atoms with E-state index in [2.05, 4.69) is 32.6 Å². The number of hydrogen-bond acceptors (Lipinski definition) is 2. The zero-order chi connectivity index (χ0) is 14.1. The van der Waals surface area contributed by atoms with E-state index in [1.165, 1.54) is 5.56 Å². The summed E-state index contributed by atoms with van der Waals surface area (Å²) in [4.78, 5) is 0. The molecule has 0 unspecified atom stereocenters. The van der Waals surface area contributed by atoms with Gasteiger partial charge in [-0.15, -0.1) is 6.58 Å². The van der Waals surface area contributed by atoms with E-state index in [9.17, 15) is 5.11 Å². The summed E-state index contributed by atoms with van der Waals surface area (Å²) in [6, 6.07) is 10.1. The third-order valence-corrected chi connectivity index (χ3v) is 3.87. The van der Waals surface area contributed by atoms with Gasteiger partial charge in [0.1, 0.15) is 0 Å². The first-order valence-corrected chi connectivity index (χ1v) is 7.05. The average Bonchev–Trinajstić information content (AvgIpc) is 2.47. The van der Waals surface area contributed by atoms with Crippen LogP contribution in [0.5, 0.6) is 0 Å². The smallest absolute Gasteiger partial charge is 0.0716 e. The van der Waals surface area contributed by atoms with Gasteiger partial charge in [0.05, 0.1) is 12.7 Å². The van der Waals surface area contributed by atoms with Crippen molar-refractivity contribution in [1.29, 1.82) is 0 Å². The van der Waals surface area contributed by atoms with Crippen molar-refractivity contribution < 1.29 is 9.84 Å². The first-order chi connectivity index (χ1) is 9.12. The molecule has 19 heavy (non-hydrogen) atoms. The standard InChI is InChI=1S/C17H26O2/c1-4-17(3,5-2)16(18)12-9-13-19-14-15-10-7-6-8-11-15/h4,6-8,10-11,16,18H,1,5,9,12-14H2,2-3H3/t16-,17-/m1/s1. The Morgan fingerprint density at radius 2 is 2.05 bits per heavy atom. The van der Waals surface area contributed by atoms with Gasteiger partial charge in [-0.3, -0.25) is 0 Å². The molecule has 2 atom stereocenters. The lowest BCUT2D eigenvalue weighted by atomic mass is 9.80. The van der Waals surface area contributed by atoms with E-state index in [4.69, 9.17) is 4.74 Å². The molecule has 1 N–H and O–H groups in total. The van der Waals surface area contributed by atoms with Crippen LogP contribution in [0.3, 0.4) is 0 Å². The van der Waals surface area contributed by atoms with Gasteiger partial charge < -0.3 is 9.84 Å². The highest BCUT2D eigenvalue weighted by Gasteiger charge is 2.27. The summed E-state index contributed by atoms with van der Waals surface area (Å²) in [6.45, 7) is 9.27. The zero-order valence-corrected chi connectivity index (χ0v) is 12.1. The zero-order valence-electron chi connectivity index (χ0n) is 12.1. The van der Waals surface area contributed by atoms with Gasteiger partial charge in [-0.05, 0) is 24.8 Å². The number of hydrogen-bond donors (Lipinski definition) is 1. The largest absolute Gasteiger partial charge is 0.392 e. The highest BCUT2D eigenvalue weighted by molar-refractivity contribution is 5.13. The van der Waals surface area contributed by atoms with Crippen molar-refractivity contribution in [2.75, 3.05) is 6.61 Å². The molecule has 1 aromatic rings. The van der Waals surface area contributed by atoms with Gasteiger partial charge >= 0.3 is 0 Å². The first-order valence-electron chi connectivity index (χ1n) is 7.05. The minimum Gasteiger partial charge on any atom is -0.392 e. The van der Waals surface area contributed by atoms with Crippen LogP contribution < -0.4 is 0 Å². The molecule has 2 nitrogen and oxygen atoms in total. The summed E-state index contributed by atoms with van der Waals surface area (Å²) >= 11 is 0. The van der Waals surface area contributed by atoms with Crippen molar-refractivity contribution in [3.63, 3.8) is 0 Å². The molecular formula is C17H26O2. The molecule has 0 aliphatic heterocycles. The Kier molecular flexibility index (Phi) is 6.82. The van der Waals surface area contributed by atoms with Crippen molar-refractivity contribution in [2.24, 2.45) is 5.41 Å². The van der Waals surface area contributed by atoms with Gasteiger partial charge in [-0.25, -0.2) is 0 Å². The monoisotopic (exact) mass is 262 g/mol. The molecule has 106 valence electrons. The second-order valence-corrected chi connectivity index (χ2v) is 5.26. The fraction of sp³-hybridized carbons (Fsp3) is 0.529. The van der Waals surface area contributed by atoms with E-state index in [1.54, 1.807) is 0 Å². The lowest BCUT2D eigenvalue weighted by molar-refractivity contribution is 0.0439. The molecule has 0 fully saturated rings. The van der Waals surface area contributed by atoms with Gasteiger partial charge in [0.15, 0.2) is 0 Å². The second-order valence-electron chi connectivity index (χ2n) is 5.26. The molecule has 0 saturated carbocycles. The van der Waals surface area contributed by atoms with Crippen LogP contribution in [0.2, 0.25) is 0 Å². The van der Waals surface area contributed by atoms with Crippen LogP contribution in [0.1, 0.15) is 38.7 Å². The van der Waals surface area contributed by atoms with Crippen molar-refractivity contribution in [2.45, 2.75) is 45.8 Å². The molecule has 2 heteroatoms. The highest BCUT2D eigenvalue weighted by Crippen LogP contribution is 2.29. The van der Waals surface area contributed by atoms with Crippen molar-refractivity contribution in [3.05, 3.63) is 48.6 Å².